The maximum atomic E-state index is 13.2. The maximum Gasteiger partial charge on any atom is 0.300 e. The van der Waals surface area contributed by atoms with Gasteiger partial charge in [0.05, 0.1) is 4.92 Å². The van der Waals surface area contributed by atoms with Gasteiger partial charge in [0.2, 0.25) is 0 Å². The van der Waals surface area contributed by atoms with Gasteiger partial charge in [-0.25, -0.2) is 9.37 Å². The van der Waals surface area contributed by atoms with Crippen LogP contribution >= 0.6 is 0 Å². The topological polar surface area (TPSA) is 111 Å². The number of anilines is 2. The molecule has 0 atom stereocenters. The van der Waals surface area contributed by atoms with Crippen LogP contribution in [0.2, 0.25) is 0 Å². The molecule has 3 N–H and O–H groups in total. The van der Waals surface area contributed by atoms with E-state index < -0.39 is 22.3 Å². The predicted octanol–water partition coefficient (Wildman–Crippen LogP) is 2.27. The first-order chi connectivity index (χ1) is 9.88. The molecule has 108 valence electrons. The molecule has 8 heteroatoms. The van der Waals surface area contributed by atoms with Crippen molar-refractivity contribution in [1.82, 2.24) is 4.98 Å². The van der Waals surface area contributed by atoms with Crippen molar-refractivity contribution in [3.05, 3.63) is 57.5 Å². The van der Waals surface area contributed by atoms with E-state index in [1.54, 1.807) is 0 Å². The number of nitro groups is 1. The van der Waals surface area contributed by atoms with Gasteiger partial charge in [0.25, 0.3) is 11.6 Å². The third kappa shape index (κ3) is 3.11. The molecule has 0 saturated heterocycles. The third-order valence-electron chi connectivity index (χ3n) is 2.76. The van der Waals surface area contributed by atoms with Crippen LogP contribution in [0.4, 0.5) is 21.6 Å². The molecule has 0 radical (unpaired) electrons. The second-order valence-electron chi connectivity index (χ2n) is 4.30. The largest absolute Gasteiger partial charge is 0.384 e. The standard InChI is InChI=1S/C13H11FN4O3/c1-7-4-8(2-3-10(7)14)17-13(19)9-5-12(15)16-6-11(9)18(20)21/h2-6H,1H3,(H2,15,16)(H,17,19). The number of amides is 1. The SMILES string of the molecule is Cc1cc(NC(=O)c2cc(N)ncc2[N+](=O)[O-])ccc1F. The Labute approximate surface area is 118 Å². The Kier molecular flexibility index (Phi) is 3.79. The maximum absolute atomic E-state index is 13.2. The summed E-state index contributed by atoms with van der Waals surface area (Å²) in [6.45, 7) is 1.54. The molecule has 0 spiro atoms. The normalized spacial score (nSPS) is 10.2. The minimum atomic E-state index is -0.725. The second-order valence-corrected chi connectivity index (χ2v) is 4.30. The van der Waals surface area contributed by atoms with Gasteiger partial charge in [-0.1, -0.05) is 0 Å². The number of halogens is 1. The van der Waals surface area contributed by atoms with Crippen molar-refractivity contribution in [3.8, 4) is 0 Å². The Balaban J connectivity index is 2.34. The summed E-state index contributed by atoms with van der Waals surface area (Å²) in [5.41, 5.74) is 5.43. The van der Waals surface area contributed by atoms with E-state index in [0.29, 0.717) is 11.3 Å². The van der Waals surface area contributed by atoms with Crippen molar-refractivity contribution < 1.29 is 14.1 Å². The molecule has 2 aromatic rings. The average Bonchev–Trinajstić information content (AvgIpc) is 2.42. The van der Waals surface area contributed by atoms with Crippen molar-refractivity contribution in [2.75, 3.05) is 11.1 Å². The number of benzene rings is 1. The van der Waals surface area contributed by atoms with Gasteiger partial charge in [-0.15, -0.1) is 0 Å². The lowest BCUT2D eigenvalue weighted by atomic mass is 10.1. The third-order valence-corrected chi connectivity index (χ3v) is 2.76. The van der Waals surface area contributed by atoms with Crippen LogP contribution < -0.4 is 11.1 Å². The van der Waals surface area contributed by atoms with Crippen LogP contribution in [0.25, 0.3) is 0 Å². The Bertz CT molecular complexity index is 733. The fraction of sp³-hybridized carbons (Fsp3) is 0.0769. The van der Waals surface area contributed by atoms with E-state index in [9.17, 15) is 19.3 Å². The number of rotatable bonds is 3. The predicted molar refractivity (Wildman–Crippen MR) is 74.4 cm³/mol. The number of hydrogen-bond donors (Lipinski definition) is 2. The zero-order valence-electron chi connectivity index (χ0n) is 11.0. The van der Waals surface area contributed by atoms with Crippen LogP contribution in [0.3, 0.4) is 0 Å². The van der Waals surface area contributed by atoms with Crippen LogP contribution in [0.15, 0.2) is 30.5 Å². The molecule has 0 unspecified atom stereocenters. The lowest BCUT2D eigenvalue weighted by Crippen LogP contribution is -2.15. The molecule has 1 heterocycles. The first-order valence-corrected chi connectivity index (χ1v) is 5.86. The van der Waals surface area contributed by atoms with Gasteiger partial charge in [-0.05, 0) is 36.8 Å². The summed E-state index contributed by atoms with van der Waals surface area (Å²) in [6.07, 6.45) is 0.917. The summed E-state index contributed by atoms with van der Waals surface area (Å²) in [5.74, 6) is -1.14. The zero-order valence-corrected chi connectivity index (χ0v) is 11.0. The Morgan fingerprint density at radius 1 is 1.43 bits per heavy atom. The quantitative estimate of drug-likeness (QED) is 0.665. The van der Waals surface area contributed by atoms with E-state index in [0.717, 1.165) is 12.3 Å². The van der Waals surface area contributed by atoms with Crippen molar-refractivity contribution in [1.29, 1.82) is 0 Å². The smallest absolute Gasteiger partial charge is 0.300 e. The molecule has 0 aliphatic heterocycles. The van der Waals surface area contributed by atoms with Crippen LogP contribution in [0.1, 0.15) is 15.9 Å². The molecule has 1 aromatic carbocycles. The molecular formula is C13H11FN4O3. The number of hydrogen-bond acceptors (Lipinski definition) is 5. The number of aromatic nitrogens is 1. The zero-order chi connectivity index (χ0) is 15.6. The molecular weight excluding hydrogens is 279 g/mol. The van der Waals surface area contributed by atoms with Crippen molar-refractivity contribution in [2.45, 2.75) is 6.92 Å². The van der Waals surface area contributed by atoms with Gasteiger partial charge in [-0.2, -0.15) is 0 Å². The van der Waals surface area contributed by atoms with E-state index in [4.69, 9.17) is 5.73 Å². The van der Waals surface area contributed by atoms with Gasteiger partial charge in [0.1, 0.15) is 23.4 Å². The van der Waals surface area contributed by atoms with Crippen LogP contribution in [-0.4, -0.2) is 15.8 Å². The van der Waals surface area contributed by atoms with Crippen molar-refractivity contribution in [3.63, 3.8) is 0 Å². The Morgan fingerprint density at radius 2 is 2.14 bits per heavy atom. The van der Waals surface area contributed by atoms with E-state index in [1.807, 2.05) is 0 Å². The fourth-order valence-electron chi connectivity index (χ4n) is 1.71. The number of nitrogens with zero attached hydrogens (tertiary/aromatic N) is 2. The van der Waals surface area contributed by atoms with Gasteiger partial charge in [-0.3, -0.25) is 14.9 Å². The highest BCUT2D eigenvalue weighted by Gasteiger charge is 2.21. The first kappa shape index (κ1) is 14.4. The monoisotopic (exact) mass is 290 g/mol. The number of nitrogens with two attached hydrogens (primary N) is 1. The van der Waals surface area contributed by atoms with Gasteiger partial charge >= 0.3 is 0 Å². The summed E-state index contributed by atoms with van der Waals surface area (Å²) >= 11 is 0. The summed E-state index contributed by atoms with van der Waals surface area (Å²) in [6, 6.07) is 5.09. The number of pyridine rings is 1. The number of carbonyl (C=O) groups is 1. The molecule has 0 aliphatic rings. The summed E-state index contributed by atoms with van der Waals surface area (Å²) < 4.78 is 13.2. The van der Waals surface area contributed by atoms with E-state index in [1.165, 1.54) is 25.1 Å². The van der Waals surface area contributed by atoms with Gasteiger partial charge in [0.15, 0.2) is 0 Å². The highest BCUT2D eigenvalue weighted by molar-refractivity contribution is 6.07. The van der Waals surface area contributed by atoms with E-state index >= 15 is 0 Å². The highest BCUT2D eigenvalue weighted by Crippen LogP contribution is 2.21. The van der Waals surface area contributed by atoms with Crippen molar-refractivity contribution in [2.24, 2.45) is 0 Å². The summed E-state index contributed by atoms with van der Waals surface area (Å²) in [5, 5.41) is 13.3. The fourth-order valence-corrected chi connectivity index (χ4v) is 1.71. The molecule has 21 heavy (non-hydrogen) atoms. The number of aryl methyl sites for hydroxylation is 1. The molecule has 0 fully saturated rings. The van der Waals surface area contributed by atoms with Gasteiger partial charge in [0, 0.05) is 5.69 Å². The molecule has 0 aliphatic carbocycles. The molecule has 0 saturated carbocycles. The minimum Gasteiger partial charge on any atom is -0.384 e. The second kappa shape index (κ2) is 5.53. The van der Waals surface area contributed by atoms with Crippen LogP contribution in [0.5, 0.6) is 0 Å². The number of nitrogen functional groups attached to an aromatic ring is 1. The molecule has 7 nitrogen and oxygen atoms in total. The molecule has 2 rings (SSSR count). The van der Waals surface area contributed by atoms with Gasteiger partial charge < -0.3 is 11.1 Å². The van der Waals surface area contributed by atoms with E-state index in [-0.39, 0.29) is 11.4 Å². The Morgan fingerprint density at radius 3 is 2.76 bits per heavy atom. The average molecular weight is 290 g/mol. The highest BCUT2D eigenvalue weighted by atomic mass is 19.1. The first-order valence-electron chi connectivity index (χ1n) is 5.86. The lowest BCUT2D eigenvalue weighted by Gasteiger charge is -2.07. The summed E-state index contributed by atoms with van der Waals surface area (Å²) in [7, 11) is 0. The minimum absolute atomic E-state index is 0.0129. The number of nitrogens with one attached hydrogen (secondary N) is 1. The van der Waals surface area contributed by atoms with Crippen LogP contribution in [-0.2, 0) is 0 Å². The van der Waals surface area contributed by atoms with Crippen molar-refractivity contribution >= 4 is 23.1 Å². The lowest BCUT2D eigenvalue weighted by molar-refractivity contribution is -0.385. The molecule has 1 aromatic heterocycles. The molecule has 0 bridgehead atoms. The number of carbonyl (C=O) groups excluding carboxylic acids is 1. The molecule has 1 amide bonds. The van der Waals surface area contributed by atoms with Crippen LogP contribution in [0, 0.1) is 22.9 Å². The Hall–Kier alpha value is -3.03. The van der Waals surface area contributed by atoms with E-state index in [2.05, 4.69) is 10.3 Å². The summed E-state index contributed by atoms with van der Waals surface area (Å²) in [4.78, 5) is 25.8.